The second-order valence-electron chi connectivity index (χ2n) is 4.50. The lowest BCUT2D eigenvalue weighted by atomic mass is 10.3. The number of anilines is 1. The van der Waals surface area contributed by atoms with Gasteiger partial charge in [0.25, 0.3) is 10.0 Å². The van der Waals surface area contributed by atoms with Crippen LogP contribution in [0, 0.1) is 5.82 Å². The van der Waals surface area contributed by atoms with Gasteiger partial charge in [0, 0.05) is 13.1 Å². The molecule has 0 saturated heterocycles. The van der Waals surface area contributed by atoms with Gasteiger partial charge in [-0.05, 0) is 31.0 Å². The van der Waals surface area contributed by atoms with Crippen molar-refractivity contribution < 1.29 is 12.8 Å². The Morgan fingerprint density at radius 3 is 2.83 bits per heavy atom. The van der Waals surface area contributed by atoms with Gasteiger partial charge in [-0.25, -0.2) is 4.39 Å². The average molecular weight is 269 g/mol. The van der Waals surface area contributed by atoms with Crippen LogP contribution in [0.4, 0.5) is 10.1 Å². The maximum absolute atomic E-state index is 13.1. The number of guanidine groups is 1. The van der Waals surface area contributed by atoms with E-state index < -0.39 is 15.8 Å². The molecular weight excluding hydrogens is 257 g/mol. The van der Waals surface area contributed by atoms with Crippen molar-refractivity contribution in [3.05, 3.63) is 24.0 Å². The Hall–Kier alpha value is -1.63. The molecule has 2 aliphatic rings. The van der Waals surface area contributed by atoms with Crippen LogP contribution in [0.1, 0.15) is 12.8 Å². The normalized spacial score (nSPS) is 20.7. The van der Waals surface area contributed by atoms with Gasteiger partial charge < -0.3 is 10.2 Å². The van der Waals surface area contributed by atoms with Crippen LogP contribution in [0.5, 0.6) is 0 Å². The SMILES string of the molecule is CN(C1=NS(=O)(=O)c2cc(F)ccc2N1)C1CC1. The van der Waals surface area contributed by atoms with Crippen LogP contribution in [0.3, 0.4) is 0 Å². The van der Waals surface area contributed by atoms with Crippen LogP contribution in [-0.2, 0) is 10.0 Å². The van der Waals surface area contributed by atoms with Gasteiger partial charge in [-0.3, -0.25) is 0 Å². The lowest BCUT2D eigenvalue weighted by Crippen LogP contribution is -2.37. The highest BCUT2D eigenvalue weighted by Crippen LogP contribution is 2.31. The van der Waals surface area contributed by atoms with E-state index >= 15 is 0 Å². The molecular formula is C11H12FN3O2S. The standard InChI is InChI=1S/C11H12FN3O2S/c1-15(8-3-4-8)11-13-9-5-2-7(12)6-10(9)18(16,17)14-11/h2,5-6,8H,3-4H2,1H3,(H,13,14). The summed E-state index contributed by atoms with van der Waals surface area (Å²) in [5.74, 6) is -0.287. The topological polar surface area (TPSA) is 61.8 Å². The van der Waals surface area contributed by atoms with Crippen LogP contribution in [0.15, 0.2) is 27.5 Å². The van der Waals surface area contributed by atoms with Crippen molar-refractivity contribution >= 4 is 21.7 Å². The molecule has 1 fully saturated rings. The fourth-order valence-corrected chi connectivity index (χ4v) is 3.07. The molecule has 18 heavy (non-hydrogen) atoms. The molecule has 0 bridgehead atoms. The number of nitrogens with one attached hydrogen (secondary N) is 1. The van der Waals surface area contributed by atoms with Crippen molar-refractivity contribution in [2.24, 2.45) is 4.40 Å². The summed E-state index contributed by atoms with van der Waals surface area (Å²) >= 11 is 0. The van der Waals surface area contributed by atoms with E-state index in [4.69, 9.17) is 0 Å². The molecule has 1 aromatic carbocycles. The number of halogens is 1. The van der Waals surface area contributed by atoms with E-state index in [1.54, 1.807) is 7.05 Å². The van der Waals surface area contributed by atoms with Gasteiger partial charge in [-0.2, -0.15) is 8.42 Å². The molecule has 0 radical (unpaired) electrons. The van der Waals surface area contributed by atoms with Gasteiger partial charge in [0.05, 0.1) is 5.69 Å². The van der Waals surface area contributed by atoms with Gasteiger partial charge in [0.2, 0.25) is 5.96 Å². The van der Waals surface area contributed by atoms with Crippen molar-refractivity contribution in [3.63, 3.8) is 0 Å². The number of benzene rings is 1. The summed E-state index contributed by atoms with van der Waals surface area (Å²) in [6.07, 6.45) is 2.07. The smallest absolute Gasteiger partial charge is 0.287 e. The van der Waals surface area contributed by atoms with Crippen LogP contribution < -0.4 is 5.32 Å². The zero-order valence-electron chi connectivity index (χ0n) is 9.72. The van der Waals surface area contributed by atoms with Crippen molar-refractivity contribution in [2.75, 3.05) is 12.4 Å². The molecule has 0 atom stereocenters. The second-order valence-corrected chi connectivity index (χ2v) is 6.07. The van der Waals surface area contributed by atoms with Crippen molar-refractivity contribution in [3.8, 4) is 0 Å². The minimum Gasteiger partial charge on any atom is -0.342 e. The quantitative estimate of drug-likeness (QED) is 0.837. The molecule has 0 amide bonds. The molecule has 7 heteroatoms. The molecule has 96 valence electrons. The Balaban J connectivity index is 2.05. The third-order valence-corrected chi connectivity index (χ3v) is 4.41. The lowest BCUT2D eigenvalue weighted by molar-refractivity contribution is 0.493. The highest BCUT2D eigenvalue weighted by molar-refractivity contribution is 7.90. The summed E-state index contributed by atoms with van der Waals surface area (Å²) < 4.78 is 40.7. The summed E-state index contributed by atoms with van der Waals surface area (Å²) in [5.41, 5.74) is 0.369. The third-order valence-electron chi connectivity index (χ3n) is 3.10. The summed E-state index contributed by atoms with van der Waals surface area (Å²) in [7, 11) is -2.02. The van der Waals surface area contributed by atoms with Gasteiger partial charge in [-0.1, -0.05) is 0 Å². The van der Waals surface area contributed by atoms with Gasteiger partial charge >= 0.3 is 0 Å². The molecule has 1 aliphatic carbocycles. The van der Waals surface area contributed by atoms with Crippen LogP contribution >= 0.6 is 0 Å². The Bertz CT molecular complexity index is 638. The monoisotopic (exact) mass is 269 g/mol. The molecule has 3 rings (SSSR count). The predicted molar refractivity (Wildman–Crippen MR) is 65.4 cm³/mol. The number of sulfonamides is 1. The summed E-state index contributed by atoms with van der Waals surface area (Å²) in [5, 5.41) is 2.93. The highest BCUT2D eigenvalue weighted by atomic mass is 32.2. The molecule has 0 spiro atoms. The first-order chi connectivity index (χ1) is 8.47. The zero-order chi connectivity index (χ0) is 12.9. The fraction of sp³-hybridized carbons (Fsp3) is 0.364. The molecule has 1 N–H and O–H groups in total. The van der Waals surface area contributed by atoms with E-state index in [0.29, 0.717) is 17.7 Å². The van der Waals surface area contributed by atoms with E-state index in [9.17, 15) is 12.8 Å². The molecule has 1 heterocycles. The zero-order valence-corrected chi connectivity index (χ0v) is 10.5. The van der Waals surface area contributed by atoms with E-state index in [1.165, 1.54) is 12.1 Å². The first-order valence-corrected chi connectivity index (χ1v) is 7.06. The molecule has 1 aromatic rings. The number of hydrogen-bond donors (Lipinski definition) is 1. The third kappa shape index (κ3) is 1.84. The second kappa shape index (κ2) is 3.68. The first-order valence-electron chi connectivity index (χ1n) is 5.62. The maximum atomic E-state index is 13.1. The Labute approximate surface area is 104 Å². The van der Waals surface area contributed by atoms with Gasteiger partial charge in [0.1, 0.15) is 10.7 Å². The maximum Gasteiger partial charge on any atom is 0.287 e. The van der Waals surface area contributed by atoms with E-state index in [2.05, 4.69) is 9.71 Å². The van der Waals surface area contributed by atoms with Crippen molar-refractivity contribution in [1.82, 2.24) is 4.90 Å². The number of nitrogens with zero attached hydrogens (tertiary/aromatic N) is 2. The Kier molecular flexibility index (Phi) is 2.34. The summed E-state index contributed by atoms with van der Waals surface area (Å²) in [4.78, 5) is 1.69. The first kappa shape index (κ1) is 11.5. The van der Waals surface area contributed by atoms with Crippen LogP contribution in [-0.4, -0.2) is 32.4 Å². The minimum atomic E-state index is -3.82. The number of rotatable bonds is 1. The van der Waals surface area contributed by atoms with Crippen LogP contribution in [0.2, 0.25) is 0 Å². The molecule has 1 aliphatic heterocycles. The number of fused-ring (bicyclic) bond motifs is 1. The average Bonchev–Trinajstić information content (AvgIpc) is 3.12. The van der Waals surface area contributed by atoms with E-state index in [0.717, 1.165) is 18.9 Å². The summed E-state index contributed by atoms with van der Waals surface area (Å²) in [6, 6.07) is 3.96. The van der Waals surface area contributed by atoms with Crippen molar-refractivity contribution in [1.29, 1.82) is 0 Å². The van der Waals surface area contributed by atoms with E-state index in [1.807, 2.05) is 4.90 Å². The molecule has 0 aromatic heterocycles. The van der Waals surface area contributed by atoms with Crippen molar-refractivity contribution in [2.45, 2.75) is 23.8 Å². The fourth-order valence-electron chi connectivity index (χ4n) is 1.91. The predicted octanol–water partition coefficient (Wildman–Crippen LogP) is 1.39. The van der Waals surface area contributed by atoms with Crippen LogP contribution in [0.25, 0.3) is 0 Å². The van der Waals surface area contributed by atoms with Gasteiger partial charge in [0.15, 0.2) is 0 Å². The minimum absolute atomic E-state index is 0.115. The van der Waals surface area contributed by atoms with E-state index in [-0.39, 0.29) is 4.90 Å². The highest BCUT2D eigenvalue weighted by Gasteiger charge is 2.33. The largest absolute Gasteiger partial charge is 0.342 e. The lowest BCUT2D eigenvalue weighted by Gasteiger charge is -2.25. The molecule has 5 nitrogen and oxygen atoms in total. The van der Waals surface area contributed by atoms with Gasteiger partial charge in [-0.15, -0.1) is 4.40 Å². The molecule has 1 saturated carbocycles. The number of hydrogen-bond acceptors (Lipinski definition) is 4. The summed E-state index contributed by atoms with van der Waals surface area (Å²) in [6.45, 7) is 0. The molecule has 0 unspecified atom stereocenters. The Morgan fingerprint density at radius 1 is 1.44 bits per heavy atom. The Morgan fingerprint density at radius 2 is 2.17 bits per heavy atom.